The number of benzene rings is 1. The summed E-state index contributed by atoms with van der Waals surface area (Å²) in [5, 5.41) is 9.52. The van der Waals surface area contributed by atoms with Crippen LogP contribution in [0.15, 0.2) is 12.1 Å². The number of carbonyl (C=O) groups is 1. The monoisotopic (exact) mass is 241 g/mol. The normalized spacial score (nSPS) is 12.5. The number of rotatable bonds is 4. The second-order valence-corrected chi connectivity index (χ2v) is 4.38. The van der Waals surface area contributed by atoms with Gasteiger partial charge in [-0.25, -0.2) is 0 Å². The lowest BCUT2D eigenvalue weighted by atomic mass is 9.93. The van der Waals surface area contributed by atoms with Crippen molar-refractivity contribution < 1.29 is 9.90 Å². The molecule has 0 radical (unpaired) electrons. The molecule has 0 spiro atoms. The molecule has 1 atom stereocenters. The summed E-state index contributed by atoms with van der Waals surface area (Å²) in [5.74, 6) is -0.979. The van der Waals surface area contributed by atoms with E-state index < -0.39 is 5.97 Å². The molecule has 0 saturated heterocycles. The Morgan fingerprint density at radius 2 is 1.94 bits per heavy atom. The van der Waals surface area contributed by atoms with Gasteiger partial charge < -0.3 is 10.8 Å². The van der Waals surface area contributed by atoms with Gasteiger partial charge in [-0.15, -0.1) is 0 Å². The number of aliphatic carboxylic acids is 1. The molecule has 0 aliphatic carbocycles. The lowest BCUT2D eigenvalue weighted by Gasteiger charge is -2.15. The number of halogens is 1. The van der Waals surface area contributed by atoms with Crippen LogP contribution in [-0.2, 0) is 4.79 Å². The molecule has 3 nitrogen and oxygen atoms in total. The molecule has 4 heteroatoms. The summed E-state index contributed by atoms with van der Waals surface area (Å²) in [7, 11) is 0. The van der Waals surface area contributed by atoms with Gasteiger partial charge in [-0.3, -0.25) is 4.79 Å². The van der Waals surface area contributed by atoms with Crippen molar-refractivity contribution >= 4 is 17.6 Å². The summed E-state index contributed by atoms with van der Waals surface area (Å²) in [6.45, 7) is 4.15. The Kier molecular flexibility index (Phi) is 4.33. The molecule has 88 valence electrons. The first-order chi connectivity index (χ1) is 7.45. The van der Waals surface area contributed by atoms with E-state index in [4.69, 9.17) is 22.4 Å². The minimum absolute atomic E-state index is 0.0526. The minimum Gasteiger partial charge on any atom is -0.481 e. The Bertz CT molecular complexity index is 381. The van der Waals surface area contributed by atoms with Crippen LogP contribution in [0.4, 0.5) is 0 Å². The van der Waals surface area contributed by atoms with Crippen LogP contribution in [0.1, 0.15) is 29.0 Å². The van der Waals surface area contributed by atoms with Crippen LogP contribution in [0.3, 0.4) is 0 Å². The molecule has 0 amide bonds. The summed E-state index contributed by atoms with van der Waals surface area (Å²) in [4.78, 5) is 10.7. The summed E-state index contributed by atoms with van der Waals surface area (Å²) < 4.78 is 0. The summed E-state index contributed by atoms with van der Waals surface area (Å²) >= 11 is 6.06. The summed E-state index contributed by atoms with van der Waals surface area (Å²) in [6.07, 6.45) is 0.0526. The molecular formula is C12H16ClNO2. The third-order valence-electron chi connectivity index (χ3n) is 2.64. The van der Waals surface area contributed by atoms with E-state index in [0.29, 0.717) is 6.54 Å². The zero-order valence-corrected chi connectivity index (χ0v) is 10.2. The van der Waals surface area contributed by atoms with Crippen LogP contribution in [-0.4, -0.2) is 17.6 Å². The van der Waals surface area contributed by atoms with E-state index in [9.17, 15) is 4.79 Å². The highest BCUT2D eigenvalue weighted by Crippen LogP contribution is 2.27. The SMILES string of the molecule is Cc1cc(C(CN)CC(=O)O)cc(C)c1Cl. The largest absolute Gasteiger partial charge is 0.481 e. The van der Waals surface area contributed by atoms with Crippen LogP contribution in [0, 0.1) is 13.8 Å². The first-order valence-corrected chi connectivity index (χ1v) is 5.52. The van der Waals surface area contributed by atoms with Gasteiger partial charge >= 0.3 is 5.97 Å². The maximum atomic E-state index is 10.7. The topological polar surface area (TPSA) is 63.3 Å². The molecule has 1 unspecified atom stereocenters. The number of carboxylic acids is 1. The first kappa shape index (κ1) is 13.0. The first-order valence-electron chi connectivity index (χ1n) is 5.14. The predicted octanol–water partition coefficient (Wildman–Crippen LogP) is 2.47. The molecule has 0 fully saturated rings. The Labute approximate surface area is 100 Å². The highest BCUT2D eigenvalue weighted by molar-refractivity contribution is 6.32. The maximum absolute atomic E-state index is 10.7. The fourth-order valence-corrected chi connectivity index (χ4v) is 1.87. The molecule has 1 aromatic carbocycles. The second kappa shape index (κ2) is 5.32. The summed E-state index contributed by atoms with van der Waals surface area (Å²) in [5.41, 5.74) is 8.46. The number of carboxylic acid groups (broad SMARTS) is 1. The summed E-state index contributed by atoms with van der Waals surface area (Å²) in [6, 6.07) is 3.82. The lowest BCUT2D eigenvalue weighted by Crippen LogP contribution is -2.16. The van der Waals surface area contributed by atoms with Crippen molar-refractivity contribution in [2.45, 2.75) is 26.2 Å². The van der Waals surface area contributed by atoms with E-state index in [1.165, 1.54) is 0 Å². The van der Waals surface area contributed by atoms with Crippen molar-refractivity contribution in [3.8, 4) is 0 Å². The van der Waals surface area contributed by atoms with E-state index in [2.05, 4.69) is 0 Å². The van der Waals surface area contributed by atoms with Gasteiger partial charge in [0, 0.05) is 10.9 Å². The van der Waals surface area contributed by atoms with Crippen molar-refractivity contribution in [1.29, 1.82) is 0 Å². The second-order valence-electron chi connectivity index (χ2n) is 4.00. The zero-order valence-electron chi connectivity index (χ0n) is 9.46. The molecule has 1 rings (SSSR count). The molecule has 16 heavy (non-hydrogen) atoms. The Morgan fingerprint density at radius 3 is 2.31 bits per heavy atom. The standard InChI is InChI=1S/C12H16ClNO2/c1-7-3-9(4-8(2)12(7)13)10(6-14)5-11(15)16/h3-4,10H,5-6,14H2,1-2H3,(H,15,16). The van der Waals surface area contributed by atoms with Crippen LogP contribution in [0.25, 0.3) is 0 Å². The van der Waals surface area contributed by atoms with Gasteiger partial charge in [0.05, 0.1) is 6.42 Å². The van der Waals surface area contributed by atoms with Crippen molar-refractivity contribution in [2.75, 3.05) is 6.54 Å². The van der Waals surface area contributed by atoms with E-state index in [1.54, 1.807) is 0 Å². The molecule has 0 saturated carbocycles. The van der Waals surface area contributed by atoms with Crippen molar-refractivity contribution in [3.63, 3.8) is 0 Å². The van der Waals surface area contributed by atoms with Gasteiger partial charge in [0.25, 0.3) is 0 Å². The van der Waals surface area contributed by atoms with Gasteiger partial charge in [0.2, 0.25) is 0 Å². The molecule has 3 N–H and O–H groups in total. The predicted molar refractivity (Wildman–Crippen MR) is 65.0 cm³/mol. The molecular weight excluding hydrogens is 226 g/mol. The van der Waals surface area contributed by atoms with Gasteiger partial charge in [-0.05, 0) is 37.1 Å². The third-order valence-corrected chi connectivity index (χ3v) is 3.23. The van der Waals surface area contributed by atoms with Crippen molar-refractivity contribution in [2.24, 2.45) is 5.73 Å². The van der Waals surface area contributed by atoms with Crippen molar-refractivity contribution in [3.05, 3.63) is 33.8 Å². The van der Waals surface area contributed by atoms with Gasteiger partial charge in [-0.1, -0.05) is 23.7 Å². The molecule has 0 aliphatic rings. The number of nitrogens with two attached hydrogens (primary N) is 1. The molecule has 1 aromatic rings. The fourth-order valence-electron chi connectivity index (χ4n) is 1.76. The molecule has 0 aliphatic heterocycles. The van der Waals surface area contributed by atoms with Crippen LogP contribution in [0.5, 0.6) is 0 Å². The molecule has 0 aromatic heterocycles. The Balaban J connectivity index is 3.06. The zero-order chi connectivity index (χ0) is 12.3. The third kappa shape index (κ3) is 2.97. The smallest absolute Gasteiger partial charge is 0.304 e. The average Bonchev–Trinajstić information content (AvgIpc) is 2.21. The van der Waals surface area contributed by atoms with Crippen molar-refractivity contribution in [1.82, 2.24) is 0 Å². The van der Waals surface area contributed by atoms with Crippen LogP contribution in [0.2, 0.25) is 5.02 Å². The Morgan fingerprint density at radius 1 is 1.44 bits per heavy atom. The highest BCUT2D eigenvalue weighted by Gasteiger charge is 2.15. The molecule has 0 heterocycles. The number of hydrogen-bond acceptors (Lipinski definition) is 2. The van der Waals surface area contributed by atoms with Crippen LogP contribution < -0.4 is 5.73 Å². The fraction of sp³-hybridized carbons (Fsp3) is 0.417. The van der Waals surface area contributed by atoms with Gasteiger partial charge in [0.15, 0.2) is 0 Å². The van der Waals surface area contributed by atoms with E-state index >= 15 is 0 Å². The number of aryl methyl sites for hydroxylation is 2. The van der Waals surface area contributed by atoms with Crippen LogP contribution >= 0.6 is 11.6 Å². The van der Waals surface area contributed by atoms with E-state index in [1.807, 2.05) is 26.0 Å². The van der Waals surface area contributed by atoms with E-state index in [-0.39, 0.29) is 12.3 Å². The quantitative estimate of drug-likeness (QED) is 0.851. The van der Waals surface area contributed by atoms with Gasteiger partial charge in [-0.2, -0.15) is 0 Å². The maximum Gasteiger partial charge on any atom is 0.304 e. The number of hydrogen-bond donors (Lipinski definition) is 2. The minimum atomic E-state index is -0.833. The lowest BCUT2D eigenvalue weighted by molar-refractivity contribution is -0.137. The Hall–Kier alpha value is -1.06. The average molecular weight is 242 g/mol. The molecule has 0 bridgehead atoms. The highest BCUT2D eigenvalue weighted by atomic mass is 35.5. The van der Waals surface area contributed by atoms with E-state index in [0.717, 1.165) is 21.7 Å². The van der Waals surface area contributed by atoms with Gasteiger partial charge in [0.1, 0.15) is 0 Å².